The highest BCUT2D eigenvalue weighted by atomic mass is 16.5. The van der Waals surface area contributed by atoms with E-state index in [2.05, 4.69) is 11.9 Å². The number of likely N-dealkylation sites (tertiary alicyclic amines) is 1. The maximum atomic E-state index is 13.0. The number of nitrogens with zero attached hydrogens (tertiary/aromatic N) is 2. The molecule has 1 aromatic carbocycles. The van der Waals surface area contributed by atoms with Crippen LogP contribution in [0.15, 0.2) is 77.2 Å². The van der Waals surface area contributed by atoms with E-state index in [-0.39, 0.29) is 17.9 Å². The van der Waals surface area contributed by atoms with Crippen LogP contribution < -0.4 is 4.74 Å². The van der Waals surface area contributed by atoms with Gasteiger partial charge < -0.3 is 19.2 Å². The molecule has 0 aliphatic carbocycles. The van der Waals surface area contributed by atoms with E-state index < -0.39 is 17.7 Å². The van der Waals surface area contributed by atoms with Crippen LogP contribution in [-0.4, -0.2) is 33.3 Å². The van der Waals surface area contributed by atoms with Gasteiger partial charge in [-0.2, -0.15) is 0 Å². The van der Waals surface area contributed by atoms with E-state index in [1.165, 1.54) is 23.6 Å². The van der Waals surface area contributed by atoms with Gasteiger partial charge in [0, 0.05) is 18.0 Å². The molecule has 0 bridgehead atoms. The highest BCUT2D eigenvalue weighted by Gasteiger charge is 2.46. The number of ketones is 1. The minimum Gasteiger partial charge on any atom is -0.507 e. The number of amides is 1. The minimum absolute atomic E-state index is 0.0346. The number of unbranched alkanes of at least 4 members (excludes halogenated alkanes) is 1. The fourth-order valence-electron chi connectivity index (χ4n) is 3.71. The first kappa shape index (κ1) is 21.4. The first-order chi connectivity index (χ1) is 15.6. The van der Waals surface area contributed by atoms with Crippen LogP contribution in [-0.2, 0) is 16.1 Å². The van der Waals surface area contributed by atoms with E-state index >= 15 is 0 Å². The maximum absolute atomic E-state index is 13.0. The topological polar surface area (TPSA) is 92.9 Å². The third-order valence-electron chi connectivity index (χ3n) is 5.36. The molecule has 1 aliphatic heterocycles. The number of carbonyl (C=O) groups excluding carboxylic acids is 2. The summed E-state index contributed by atoms with van der Waals surface area (Å²) in [6, 6.07) is 13.1. The number of aliphatic hydroxyl groups excluding tert-OH is 1. The fraction of sp³-hybridized carbons (Fsp3) is 0.240. The van der Waals surface area contributed by atoms with Gasteiger partial charge in [-0.05, 0) is 48.4 Å². The van der Waals surface area contributed by atoms with Gasteiger partial charge in [0.05, 0.1) is 31.0 Å². The lowest BCUT2D eigenvalue weighted by molar-refractivity contribution is -0.140. The first-order valence-corrected chi connectivity index (χ1v) is 10.5. The van der Waals surface area contributed by atoms with Gasteiger partial charge in [0.25, 0.3) is 11.7 Å². The zero-order valence-electron chi connectivity index (χ0n) is 17.7. The van der Waals surface area contributed by atoms with Gasteiger partial charge in [0.15, 0.2) is 0 Å². The van der Waals surface area contributed by atoms with Crippen LogP contribution in [0.1, 0.15) is 42.7 Å². The number of benzene rings is 1. The molecule has 1 atom stereocenters. The summed E-state index contributed by atoms with van der Waals surface area (Å²) in [5.41, 5.74) is 1.14. The van der Waals surface area contributed by atoms with E-state index in [0.717, 1.165) is 12.8 Å². The molecule has 1 N–H and O–H groups in total. The van der Waals surface area contributed by atoms with E-state index in [1.54, 1.807) is 24.3 Å². The van der Waals surface area contributed by atoms with Crippen LogP contribution in [0.25, 0.3) is 5.76 Å². The van der Waals surface area contributed by atoms with Crippen molar-refractivity contribution in [2.24, 2.45) is 0 Å². The largest absolute Gasteiger partial charge is 0.507 e. The van der Waals surface area contributed by atoms with Crippen molar-refractivity contribution in [2.45, 2.75) is 32.4 Å². The average molecular weight is 432 g/mol. The zero-order valence-corrected chi connectivity index (χ0v) is 17.7. The summed E-state index contributed by atoms with van der Waals surface area (Å²) in [7, 11) is 0. The van der Waals surface area contributed by atoms with Gasteiger partial charge in [0.2, 0.25) is 0 Å². The van der Waals surface area contributed by atoms with Crippen LogP contribution in [0.5, 0.6) is 5.75 Å². The molecule has 3 aromatic rings. The molecule has 1 unspecified atom stereocenters. The Morgan fingerprint density at radius 2 is 1.88 bits per heavy atom. The molecule has 4 rings (SSSR count). The summed E-state index contributed by atoms with van der Waals surface area (Å²) < 4.78 is 11.1. The lowest BCUT2D eigenvalue weighted by atomic mass is 9.95. The predicted octanol–water partition coefficient (Wildman–Crippen LogP) is 4.48. The van der Waals surface area contributed by atoms with Crippen molar-refractivity contribution in [3.05, 3.63) is 89.6 Å². The minimum atomic E-state index is -0.766. The molecular formula is C25H24N2O5. The summed E-state index contributed by atoms with van der Waals surface area (Å²) in [5.74, 6) is -0.412. The van der Waals surface area contributed by atoms with Crippen LogP contribution in [0.2, 0.25) is 0 Å². The fourth-order valence-corrected chi connectivity index (χ4v) is 3.71. The number of furan rings is 1. The number of aliphatic hydroxyl groups is 1. The molecule has 0 spiro atoms. The summed E-state index contributed by atoms with van der Waals surface area (Å²) >= 11 is 0. The Bertz CT molecular complexity index is 1110. The number of aromatic nitrogens is 1. The molecule has 1 saturated heterocycles. The smallest absolute Gasteiger partial charge is 0.296 e. The Morgan fingerprint density at radius 3 is 2.53 bits per heavy atom. The Kier molecular flexibility index (Phi) is 6.35. The van der Waals surface area contributed by atoms with E-state index in [9.17, 15) is 14.7 Å². The van der Waals surface area contributed by atoms with Crippen molar-refractivity contribution in [2.75, 3.05) is 6.61 Å². The summed E-state index contributed by atoms with van der Waals surface area (Å²) in [6.07, 6.45) is 6.54. The number of Topliss-reactive ketones (excluding diaryl/α,β-unsaturated/α-hetero) is 1. The Labute approximate surface area is 186 Å². The Hall–Kier alpha value is -3.87. The van der Waals surface area contributed by atoms with Crippen molar-refractivity contribution in [1.29, 1.82) is 0 Å². The number of rotatable bonds is 8. The molecule has 7 heteroatoms. The molecule has 7 nitrogen and oxygen atoms in total. The highest BCUT2D eigenvalue weighted by molar-refractivity contribution is 6.46. The van der Waals surface area contributed by atoms with E-state index in [1.807, 2.05) is 24.3 Å². The lowest BCUT2D eigenvalue weighted by Crippen LogP contribution is -2.29. The van der Waals surface area contributed by atoms with E-state index in [0.29, 0.717) is 29.2 Å². The summed E-state index contributed by atoms with van der Waals surface area (Å²) in [6.45, 7) is 2.82. The van der Waals surface area contributed by atoms with Gasteiger partial charge in [0.1, 0.15) is 17.3 Å². The first-order valence-electron chi connectivity index (χ1n) is 10.5. The van der Waals surface area contributed by atoms with Crippen LogP contribution in [0.4, 0.5) is 0 Å². The second kappa shape index (κ2) is 9.51. The van der Waals surface area contributed by atoms with Crippen LogP contribution >= 0.6 is 0 Å². The third-order valence-corrected chi connectivity index (χ3v) is 5.36. The normalized spacial score (nSPS) is 17.7. The number of ether oxygens (including phenoxy) is 1. The number of carbonyl (C=O) groups is 2. The predicted molar refractivity (Wildman–Crippen MR) is 118 cm³/mol. The Morgan fingerprint density at radius 1 is 1.12 bits per heavy atom. The lowest BCUT2D eigenvalue weighted by Gasteiger charge is -2.24. The van der Waals surface area contributed by atoms with Gasteiger partial charge in [-0.3, -0.25) is 14.6 Å². The standard InChI is InChI=1S/C25H24N2O5/c1-2-3-14-31-19-8-6-17(7-9-19)22-21(23(28)18-10-12-26-13-11-18)24(29)25(30)27(22)16-20-5-4-15-32-20/h4-13,15,22,28H,2-3,14,16H2,1H3. The summed E-state index contributed by atoms with van der Waals surface area (Å²) in [5, 5.41) is 11.0. The van der Waals surface area contributed by atoms with Gasteiger partial charge in [-0.1, -0.05) is 25.5 Å². The average Bonchev–Trinajstić information content (AvgIpc) is 3.42. The zero-order chi connectivity index (χ0) is 22.5. The quantitative estimate of drug-likeness (QED) is 0.244. The molecule has 164 valence electrons. The van der Waals surface area contributed by atoms with Gasteiger partial charge >= 0.3 is 0 Å². The molecule has 1 aliphatic rings. The summed E-state index contributed by atoms with van der Waals surface area (Å²) in [4.78, 5) is 31.3. The number of pyridine rings is 1. The number of hydrogen-bond donors (Lipinski definition) is 1. The van der Waals surface area contributed by atoms with Crippen molar-refractivity contribution in [1.82, 2.24) is 9.88 Å². The van der Waals surface area contributed by atoms with E-state index in [4.69, 9.17) is 9.15 Å². The van der Waals surface area contributed by atoms with Crippen LogP contribution in [0, 0.1) is 0 Å². The second-order valence-electron chi connectivity index (χ2n) is 7.51. The molecule has 32 heavy (non-hydrogen) atoms. The molecule has 2 aromatic heterocycles. The molecule has 0 radical (unpaired) electrons. The van der Waals surface area contributed by atoms with Gasteiger partial charge in [-0.15, -0.1) is 0 Å². The number of hydrogen-bond acceptors (Lipinski definition) is 6. The second-order valence-corrected chi connectivity index (χ2v) is 7.51. The van der Waals surface area contributed by atoms with Crippen LogP contribution in [0.3, 0.4) is 0 Å². The molecular weight excluding hydrogens is 408 g/mol. The monoisotopic (exact) mass is 432 g/mol. The van der Waals surface area contributed by atoms with Crippen molar-refractivity contribution in [3.8, 4) is 5.75 Å². The third kappa shape index (κ3) is 4.27. The van der Waals surface area contributed by atoms with Crippen molar-refractivity contribution < 1.29 is 23.8 Å². The SMILES string of the molecule is CCCCOc1ccc(C2C(=C(O)c3ccncc3)C(=O)C(=O)N2Cc2ccco2)cc1. The Balaban J connectivity index is 1.75. The molecule has 1 amide bonds. The van der Waals surface area contributed by atoms with Gasteiger partial charge in [-0.25, -0.2) is 0 Å². The highest BCUT2D eigenvalue weighted by Crippen LogP contribution is 2.40. The van der Waals surface area contributed by atoms with Crippen molar-refractivity contribution in [3.63, 3.8) is 0 Å². The molecule has 0 saturated carbocycles. The molecule has 3 heterocycles. The van der Waals surface area contributed by atoms with Crippen molar-refractivity contribution >= 4 is 17.4 Å². The maximum Gasteiger partial charge on any atom is 0.296 e. The molecule has 1 fully saturated rings.